The Hall–Kier alpha value is -1.82. The Labute approximate surface area is 124 Å². The molecular weight excluding hydrogens is 270 g/mol. The van der Waals surface area contributed by atoms with Gasteiger partial charge in [-0.15, -0.1) is 0 Å². The fraction of sp³-hybridized carbons (Fsp3) is 0.429. The molecule has 6 heteroatoms. The van der Waals surface area contributed by atoms with Crippen molar-refractivity contribution in [3.63, 3.8) is 0 Å². The van der Waals surface area contributed by atoms with Gasteiger partial charge in [0, 0.05) is 18.8 Å². The van der Waals surface area contributed by atoms with Gasteiger partial charge in [0.2, 0.25) is 4.77 Å². The van der Waals surface area contributed by atoms with Gasteiger partial charge >= 0.3 is 0 Å². The Balaban J connectivity index is 2.03. The topological polar surface area (TPSA) is 48.9 Å². The first-order valence-electron chi connectivity index (χ1n) is 6.87. The quantitative estimate of drug-likeness (QED) is 0.804. The molecule has 0 spiro atoms. The standard InChI is InChI=1S/C14H21N5S/c1-4-18(5-2)13-8-6-12(7-9-13)10-15-19-11(3)16-17-14(19)20/h6-9,15H,4-5,10H2,1-3H3,(H,17,20). The van der Waals surface area contributed by atoms with Crippen LogP contribution in [0.2, 0.25) is 0 Å². The fourth-order valence-electron chi connectivity index (χ4n) is 2.15. The number of benzene rings is 1. The minimum absolute atomic E-state index is 0.585. The lowest BCUT2D eigenvalue weighted by Gasteiger charge is -2.21. The summed E-state index contributed by atoms with van der Waals surface area (Å²) in [5.74, 6) is 0.828. The molecule has 2 aromatic rings. The number of rotatable bonds is 6. The van der Waals surface area contributed by atoms with Gasteiger partial charge in [0.1, 0.15) is 5.82 Å². The highest BCUT2D eigenvalue weighted by atomic mass is 32.1. The molecule has 0 unspecified atom stereocenters. The number of anilines is 1. The van der Waals surface area contributed by atoms with Gasteiger partial charge < -0.3 is 10.3 Å². The van der Waals surface area contributed by atoms with Gasteiger partial charge in [-0.2, -0.15) is 5.10 Å². The minimum Gasteiger partial charge on any atom is -0.372 e. The second-order valence-electron chi connectivity index (χ2n) is 4.59. The average Bonchev–Trinajstić information content (AvgIpc) is 2.78. The average molecular weight is 291 g/mol. The molecule has 108 valence electrons. The van der Waals surface area contributed by atoms with E-state index in [9.17, 15) is 0 Å². The summed E-state index contributed by atoms with van der Waals surface area (Å²) in [6.45, 7) is 9.01. The predicted molar refractivity (Wildman–Crippen MR) is 85.2 cm³/mol. The molecule has 1 heterocycles. The van der Waals surface area contributed by atoms with E-state index in [-0.39, 0.29) is 0 Å². The Morgan fingerprint density at radius 1 is 1.25 bits per heavy atom. The van der Waals surface area contributed by atoms with E-state index < -0.39 is 0 Å². The number of aryl methyl sites for hydroxylation is 1. The predicted octanol–water partition coefficient (Wildman–Crippen LogP) is 2.84. The third-order valence-corrected chi connectivity index (χ3v) is 3.62. The summed E-state index contributed by atoms with van der Waals surface area (Å²) in [5, 5.41) is 6.82. The molecule has 0 bridgehead atoms. The fourth-order valence-corrected chi connectivity index (χ4v) is 2.39. The molecule has 0 aliphatic carbocycles. The summed E-state index contributed by atoms with van der Waals surface area (Å²) in [6.07, 6.45) is 0. The van der Waals surface area contributed by atoms with Crippen molar-refractivity contribution < 1.29 is 0 Å². The van der Waals surface area contributed by atoms with Crippen LogP contribution in [-0.2, 0) is 6.54 Å². The number of nitrogens with one attached hydrogen (secondary N) is 2. The maximum absolute atomic E-state index is 5.15. The van der Waals surface area contributed by atoms with Gasteiger partial charge in [-0.25, -0.2) is 4.68 Å². The van der Waals surface area contributed by atoms with E-state index in [2.05, 4.69) is 58.6 Å². The molecule has 0 saturated carbocycles. The van der Waals surface area contributed by atoms with Crippen molar-refractivity contribution in [1.29, 1.82) is 0 Å². The summed E-state index contributed by atoms with van der Waals surface area (Å²) < 4.78 is 2.37. The molecule has 5 nitrogen and oxygen atoms in total. The van der Waals surface area contributed by atoms with Crippen LogP contribution in [0.5, 0.6) is 0 Å². The van der Waals surface area contributed by atoms with Gasteiger partial charge in [-0.3, -0.25) is 5.10 Å². The van der Waals surface area contributed by atoms with Crippen LogP contribution in [0.25, 0.3) is 0 Å². The van der Waals surface area contributed by atoms with Crippen LogP contribution in [0, 0.1) is 11.7 Å². The van der Waals surface area contributed by atoms with Crippen LogP contribution >= 0.6 is 12.2 Å². The van der Waals surface area contributed by atoms with Gasteiger partial charge in [-0.1, -0.05) is 12.1 Å². The van der Waals surface area contributed by atoms with E-state index in [1.165, 1.54) is 11.3 Å². The van der Waals surface area contributed by atoms with Gasteiger partial charge in [-0.05, 0) is 50.7 Å². The first-order valence-corrected chi connectivity index (χ1v) is 7.28. The molecule has 0 radical (unpaired) electrons. The minimum atomic E-state index is 0.585. The van der Waals surface area contributed by atoms with E-state index in [4.69, 9.17) is 12.2 Å². The van der Waals surface area contributed by atoms with Crippen molar-refractivity contribution in [2.24, 2.45) is 0 Å². The first-order chi connectivity index (χ1) is 9.65. The Morgan fingerprint density at radius 3 is 2.40 bits per heavy atom. The van der Waals surface area contributed by atoms with Crippen LogP contribution in [0.1, 0.15) is 25.2 Å². The molecular formula is C14H21N5S. The normalized spacial score (nSPS) is 10.6. The van der Waals surface area contributed by atoms with Crippen molar-refractivity contribution in [2.75, 3.05) is 23.4 Å². The molecule has 20 heavy (non-hydrogen) atoms. The molecule has 2 rings (SSSR count). The number of H-pyrrole nitrogens is 1. The maximum atomic E-state index is 5.15. The summed E-state index contributed by atoms with van der Waals surface area (Å²) in [7, 11) is 0. The lowest BCUT2D eigenvalue weighted by molar-refractivity contribution is 0.793. The van der Waals surface area contributed by atoms with Gasteiger partial charge in [0.05, 0.1) is 6.54 Å². The molecule has 0 saturated heterocycles. The summed E-state index contributed by atoms with van der Waals surface area (Å²) in [4.78, 5) is 2.33. The van der Waals surface area contributed by atoms with Crippen LogP contribution in [0.3, 0.4) is 0 Å². The van der Waals surface area contributed by atoms with Gasteiger partial charge in [0.15, 0.2) is 0 Å². The molecule has 1 aromatic carbocycles. The summed E-state index contributed by atoms with van der Waals surface area (Å²) in [5.41, 5.74) is 5.73. The van der Waals surface area contributed by atoms with Crippen LogP contribution in [-0.4, -0.2) is 28.0 Å². The number of nitrogens with zero attached hydrogens (tertiary/aromatic N) is 3. The number of aromatic nitrogens is 3. The third-order valence-electron chi connectivity index (χ3n) is 3.35. The second kappa shape index (κ2) is 6.56. The van der Waals surface area contributed by atoms with E-state index in [1.54, 1.807) is 4.68 Å². The lowest BCUT2D eigenvalue weighted by atomic mass is 10.2. The molecule has 0 amide bonds. The molecule has 1 aromatic heterocycles. The van der Waals surface area contributed by atoms with E-state index in [1.807, 2.05) is 6.92 Å². The van der Waals surface area contributed by atoms with E-state index in [0.717, 1.165) is 18.9 Å². The summed E-state index contributed by atoms with van der Waals surface area (Å²) >= 11 is 5.15. The third kappa shape index (κ3) is 3.19. The number of hydrogen-bond donors (Lipinski definition) is 2. The first kappa shape index (κ1) is 14.6. The largest absolute Gasteiger partial charge is 0.372 e. The van der Waals surface area contributed by atoms with Crippen molar-refractivity contribution in [3.8, 4) is 0 Å². The van der Waals surface area contributed by atoms with E-state index >= 15 is 0 Å². The number of aromatic amines is 1. The smallest absolute Gasteiger partial charge is 0.214 e. The zero-order valence-electron chi connectivity index (χ0n) is 12.2. The number of hydrogen-bond acceptors (Lipinski definition) is 4. The SMILES string of the molecule is CCN(CC)c1ccc(CNn2c(C)n[nH]c2=S)cc1. The second-order valence-corrected chi connectivity index (χ2v) is 4.97. The lowest BCUT2D eigenvalue weighted by Crippen LogP contribution is -2.21. The Morgan fingerprint density at radius 2 is 1.90 bits per heavy atom. The highest BCUT2D eigenvalue weighted by Crippen LogP contribution is 2.15. The summed E-state index contributed by atoms with van der Waals surface area (Å²) in [6, 6.07) is 8.59. The highest BCUT2D eigenvalue weighted by Gasteiger charge is 2.03. The molecule has 2 N–H and O–H groups in total. The van der Waals surface area contributed by atoms with Crippen LogP contribution in [0.4, 0.5) is 5.69 Å². The zero-order valence-corrected chi connectivity index (χ0v) is 13.0. The molecule has 0 aliphatic heterocycles. The highest BCUT2D eigenvalue weighted by molar-refractivity contribution is 7.71. The van der Waals surface area contributed by atoms with Crippen molar-refractivity contribution in [2.45, 2.75) is 27.3 Å². The monoisotopic (exact) mass is 291 g/mol. The van der Waals surface area contributed by atoms with Crippen molar-refractivity contribution in [1.82, 2.24) is 14.9 Å². The van der Waals surface area contributed by atoms with Crippen molar-refractivity contribution in [3.05, 3.63) is 40.4 Å². The van der Waals surface area contributed by atoms with E-state index in [0.29, 0.717) is 11.3 Å². The van der Waals surface area contributed by atoms with Crippen LogP contribution in [0.15, 0.2) is 24.3 Å². The van der Waals surface area contributed by atoms with Crippen molar-refractivity contribution >= 4 is 17.9 Å². The molecule has 0 fully saturated rings. The molecule has 0 aliphatic rings. The Bertz CT molecular complexity index is 595. The molecule has 0 atom stereocenters. The van der Waals surface area contributed by atoms with Crippen LogP contribution < -0.4 is 10.3 Å². The van der Waals surface area contributed by atoms with Gasteiger partial charge in [0.25, 0.3) is 0 Å². The zero-order chi connectivity index (χ0) is 14.5. The Kier molecular flexibility index (Phi) is 4.79. The maximum Gasteiger partial charge on any atom is 0.214 e.